The van der Waals surface area contributed by atoms with Gasteiger partial charge < -0.3 is 9.47 Å². The largest absolute Gasteiger partial charge is 0.400 e. The van der Waals surface area contributed by atoms with Crippen LogP contribution in [0.1, 0.15) is 39.5 Å². The van der Waals surface area contributed by atoms with Gasteiger partial charge in [-0.05, 0) is 12.8 Å². The molecule has 0 radical (unpaired) electrons. The molecule has 0 saturated carbocycles. The molecule has 19 heavy (non-hydrogen) atoms. The third-order valence-corrected chi connectivity index (χ3v) is 3.11. The van der Waals surface area contributed by atoms with Gasteiger partial charge in [0.2, 0.25) is 0 Å². The van der Waals surface area contributed by atoms with Gasteiger partial charge in [0, 0.05) is 13.2 Å². The van der Waals surface area contributed by atoms with Crippen molar-refractivity contribution in [1.29, 1.82) is 0 Å². The summed E-state index contributed by atoms with van der Waals surface area (Å²) in [6.45, 7) is 5.79. The summed E-state index contributed by atoms with van der Waals surface area (Å²) in [6, 6.07) is 0. The Hall–Kier alpha value is -0.210. The van der Waals surface area contributed by atoms with Crippen molar-refractivity contribution in [2.45, 2.75) is 39.5 Å². The second-order valence-corrected chi connectivity index (χ2v) is 5.27. The molecule has 0 rings (SSSR count). The van der Waals surface area contributed by atoms with Gasteiger partial charge in [0.25, 0.3) is 0 Å². The van der Waals surface area contributed by atoms with Gasteiger partial charge in [-0.2, -0.15) is 8.42 Å². The Morgan fingerprint density at radius 2 is 1.11 bits per heavy atom. The Bertz CT molecular complexity index is 256. The molecular weight excluding hydrogens is 272 g/mol. The molecule has 0 bridgehead atoms. The number of hydrogen-bond donors (Lipinski definition) is 0. The quantitative estimate of drug-likeness (QED) is 0.456. The van der Waals surface area contributed by atoms with E-state index in [9.17, 15) is 8.42 Å². The summed E-state index contributed by atoms with van der Waals surface area (Å²) >= 11 is 0. The molecule has 0 aromatic carbocycles. The summed E-state index contributed by atoms with van der Waals surface area (Å²) in [5.41, 5.74) is 0. The Balaban J connectivity index is 3.42. The highest BCUT2D eigenvalue weighted by atomic mass is 32.3. The van der Waals surface area contributed by atoms with Crippen LogP contribution in [0, 0.1) is 0 Å². The molecule has 0 saturated heterocycles. The predicted molar refractivity (Wildman–Crippen MR) is 72.3 cm³/mol. The first-order valence-corrected chi connectivity index (χ1v) is 8.15. The molecule has 0 aromatic rings. The van der Waals surface area contributed by atoms with Crippen molar-refractivity contribution in [2.24, 2.45) is 0 Å². The van der Waals surface area contributed by atoms with Crippen LogP contribution in [0.15, 0.2) is 0 Å². The third-order valence-electron chi connectivity index (χ3n) is 2.20. The van der Waals surface area contributed by atoms with Crippen LogP contribution in [0.4, 0.5) is 0 Å². The van der Waals surface area contributed by atoms with Crippen LogP contribution in [0.5, 0.6) is 0 Å². The minimum atomic E-state index is -3.93. The number of rotatable bonds is 14. The highest BCUT2D eigenvalue weighted by Gasteiger charge is 2.11. The maximum absolute atomic E-state index is 11.3. The van der Waals surface area contributed by atoms with E-state index in [4.69, 9.17) is 9.47 Å². The van der Waals surface area contributed by atoms with Gasteiger partial charge in [-0.3, -0.25) is 0 Å². The number of ether oxygens (including phenoxy) is 2. The van der Waals surface area contributed by atoms with E-state index in [0.29, 0.717) is 13.2 Å². The standard InChI is InChI=1S/C12H26O6S/c1-3-5-7-15-9-11-17-19(13,14)18-12-10-16-8-6-4-2/h3-12H2,1-2H3. The topological polar surface area (TPSA) is 71.1 Å². The predicted octanol–water partition coefficient (Wildman–Crippen LogP) is 1.90. The lowest BCUT2D eigenvalue weighted by molar-refractivity contribution is 0.0763. The second kappa shape index (κ2) is 12.8. The van der Waals surface area contributed by atoms with Crippen LogP contribution < -0.4 is 0 Å². The molecule has 0 aliphatic carbocycles. The van der Waals surface area contributed by atoms with Crippen LogP contribution >= 0.6 is 0 Å². The molecule has 7 heteroatoms. The lowest BCUT2D eigenvalue weighted by atomic mass is 10.4. The zero-order valence-corrected chi connectivity index (χ0v) is 12.7. The molecule has 0 amide bonds. The van der Waals surface area contributed by atoms with Crippen molar-refractivity contribution in [2.75, 3.05) is 39.6 Å². The summed E-state index contributed by atoms with van der Waals surface area (Å²) in [6.07, 6.45) is 4.00. The normalized spacial score (nSPS) is 11.9. The van der Waals surface area contributed by atoms with Gasteiger partial charge in [-0.15, -0.1) is 0 Å². The highest BCUT2D eigenvalue weighted by Crippen LogP contribution is 1.97. The van der Waals surface area contributed by atoms with Crippen LogP contribution in [-0.2, 0) is 28.2 Å². The van der Waals surface area contributed by atoms with Crippen LogP contribution in [0.3, 0.4) is 0 Å². The molecular formula is C12H26O6S. The number of hydrogen-bond acceptors (Lipinski definition) is 6. The first kappa shape index (κ1) is 18.8. The van der Waals surface area contributed by atoms with Gasteiger partial charge in [0.1, 0.15) is 0 Å². The molecule has 0 aliphatic heterocycles. The Labute approximate surface area is 116 Å². The summed E-state index contributed by atoms with van der Waals surface area (Å²) < 4.78 is 42.1. The zero-order chi connectivity index (χ0) is 14.4. The van der Waals surface area contributed by atoms with Crippen LogP contribution in [0.2, 0.25) is 0 Å². The van der Waals surface area contributed by atoms with E-state index in [1.807, 2.05) is 0 Å². The van der Waals surface area contributed by atoms with E-state index in [-0.39, 0.29) is 26.4 Å². The SMILES string of the molecule is CCCCOCCOS(=O)(=O)OCCOCCCC. The third kappa shape index (κ3) is 14.0. The Morgan fingerprint density at radius 3 is 1.47 bits per heavy atom. The molecule has 0 fully saturated rings. The maximum atomic E-state index is 11.3. The average Bonchev–Trinajstić information content (AvgIpc) is 2.38. The first-order chi connectivity index (χ1) is 9.12. The fourth-order valence-electron chi connectivity index (χ4n) is 1.12. The van der Waals surface area contributed by atoms with Crippen molar-refractivity contribution >= 4 is 10.4 Å². The van der Waals surface area contributed by atoms with E-state index < -0.39 is 10.4 Å². The molecule has 0 unspecified atom stereocenters. The van der Waals surface area contributed by atoms with Crippen LogP contribution in [-0.4, -0.2) is 48.1 Å². The van der Waals surface area contributed by atoms with Gasteiger partial charge in [-0.1, -0.05) is 26.7 Å². The molecule has 116 valence electrons. The zero-order valence-electron chi connectivity index (χ0n) is 11.9. The van der Waals surface area contributed by atoms with Crippen molar-refractivity contribution in [3.8, 4) is 0 Å². The average molecular weight is 298 g/mol. The summed E-state index contributed by atoms with van der Waals surface area (Å²) in [4.78, 5) is 0. The summed E-state index contributed by atoms with van der Waals surface area (Å²) in [7, 11) is -3.93. The highest BCUT2D eigenvalue weighted by molar-refractivity contribution is 7.81. The van der Waals surface area contributed by atoms with Gasteiger partial charge in [0.05, 0.1) is 26.4 Å². The lowest BCUT2D eigenvalue weighted by Crippen LogP contribution is -2.17. The van der Waals surface area contributed by atoms with Crippen molar-refractivity contribution in [1.82, 2.24) is 0 Å². The van der Waals surface area contributed by atoms with E-state index in [0.717, 1.165) is 25.7 Å². The molecule has 6 nitrogen and oxygen atoms in total. The van der Waals surface area contributed by atoms with Crippen LogP contribution in [0.25, 0.3) is 0 Å². The van der Waals surface area contributed by atoms with E-state index >= 15 is 0 Å². The monoisotopic (exact) mass is 298 g/mol. The minimum absolute atomic E-state index is 0.0251. The summed E-state index contributed by atoms with van der Waals surface area (Å²) in [5, 5.41) is 0. The second-order valence-electron chi connectivity index (χ2n) is 3.98. The molecule has 0 aromatic heterocycles. The maximum Gasteiger partial charge on any atom is 0.400 e. The van der Waals surface area contributed by atoms with E-state index in [1.165, 1.54) is 0 Å². The van der Waals surface area contributed by atoms with E-state index in [1.54, 1.807) is 0 Å². The Morgan fingerprint density at radius 1 is 0.684 bits per heavy atom. The van der Waals surface area contributed by atoms with E-state index in [2.05, 4.69) is 22.2 Å². The first-order valence-electron chi connectivity index (χ1n) is 6.81. The molecule has 0 aliphatic rings. The molecule has 0 atom stereocenters. The van der Waals surface area contributed by atoms with Gasteiger partial charge >= 0.3 is 10.4 Å². The van der Waals surface area contributed by atoms with Crippen molar-refractivity contribution < 1.29 is 26.3 Å². The number of unbranched alkanes of at least 4 members (excludes halogenated alkanes) is 2. The smallest absolute Gasteiger partial charge is 0.379 e. The fourth-order valence-corrected chi connectivity index (χ4v) is 1.73. The van der Waals surface area contributed by atoms with Gasteiger partial charge in [0.15, 0.2) is 0 Å². The molecule has 0 heterocycles. The molecule has 0 N–H and O–H groups in total. The summed E-state index contributed by atoms with van der Waals surface area (Å²) in [5.74, 6) is 0. The fraction of sp³-hybridized carbons (Fsp3) is 1.00. The lowest BCUT2D eigenvalue weighted by Gasteiger charge is -2.07. The van der Waals surface area contributed by atoms with Crippen molar-refractivity contribution in [3.63, 3.8) is 0 Å². The Kier molecular flexibility index (Phi) is 12.7. The van der Waals surface area contributed by atoms with Gasteiger partial charge in [-0.25, -0.2) is 8.37 Å². The molecule has 0 spiro atoms. The van der Waals surface area contributed by atoms with Crippen molar-refractivity contribution in [3.05, 3.63) is 0 Å². The minimum Gasteiger partial charge on any atom is -0.379 e.